The zero-order chi connectivity index (χ0) is 15.5. The van der Waals surface area contributed by atoms with Gasteiger partial charge in [0.25, 0.3) is 5.91 Å². The molecule has 0 saturated heterocycles. The number of carbonyl (C=O) groups is 1. The van der Waals surface area contributed by atoms with Gasteiger partial charge in [-0.05, 0) is 54.1 Å². The van der Waals surface area contributed by atoms with Crippen LogP contribution in [0.1, 0.15) is 19.4 Å². The van der Waals surface area contributed by atoms with Crippen LogP contribution in [-0.4, -0.2) is 11.6 Å². The molecule has 0 aromatic heterocycles. The van der Waals surface area contributed by atoms with Crippen molar-refractivity contribution >= 4 is 34.2 Å². The fourth-order valence-corrected chi connectivity index (χ4v) is 2.70. The van der Waals surface area contributed by atoms with Crippen LogP contribution in [0.5, 0.6) is 0 Å². The molecule has 1 amide bonds. The monoisotopic (exact) mass is 397 g/mol. The van der Waals surface area contributed by atoms with Crippen LogP contribution >= 0.6 is 22.6 Å². The molecule has 2 nitrogen and oxygen atoms in total. The van der Waals surface area contributed by atoms with E-state index in [0.717, 1.165) is 14.8 Å². The Morgan fingerprint density at radius 2 is 1.67 bits per heavy atom. The lowest BCUT2D eigenvalue weighted by Crippen LogP contribution is -2.42. The number of para-hydroxylation sites is 1. The normalized spacial score (nSPS) is 11.2. The topological polar surface area (TPSA) is 20.3 Å². The molecule has 0 N–H and O–H groups in total. The number of benzene rings is 2. The molecule has 21 heavy (non-hydrogen) atoms. The first kappa shape index (κ1) is 15.9. The zero-order valence-corrected chi connectivity index (χ0v) is 14.2. The summed E-state index contributed by atoms with van der Waals surface area (Å²) in [5, 5.41) is 0. The van der Waals surface area contributed by atoms with Crippen molar-refractivity contribution in [3.05, 3.63) is 63.7 Å². The van der Waals surface area contributed by atoms with Gasteiger partial charge in [0.1, 0.15) is 0 Å². The molecule has 0 spiro atoms. The minimum atomic E-state index is -1.91. The first-order valence-electron chi connectivity index (χ1n) is 6.69. The van der Waals surface area contributed by atoms with Crippen LogP contribution in [0.2, 0.25) is 0 Å². The van der Waals surface area contributed by atoms with E-state index in [1.54, 1.807) is 0 Å². The summed E-state index contributed by atoms with van der Waals surface area (Å²) in [6, 6.07) is 17.1. The van der Waals surface area contributed by atoms with E-state index in [2.05, 4.69) is 22.6 Å². The summed E-state index contributed by atoms with van der Waals surface area (Å²) in [4.78, 5) is 14.0. The van der Waals surface area contributed by atoms with Gasteiger partial charge >= 0.3 is 0 Å². The van der Waals surface area contributed by atoms with Gasteiger partial charge in [0, 0.05) is 3.57 Å². The Balaban J connectivity index is 2.40. The molecule has 0 aliphatic carbocycles. The first-order chi connectivity index (χ1) is 9.89. The average molecular weight is 397 g/mol. The molecule has 0 heterocycles. The Morgan fingerprint density at radius 1 is 1.10 bits per heavy atom. The van der Waals surface area contributed by atoms with E-state index in [1.807, 2.05) is 54.6 Å². The number of anilines is 1. The largest absolute Gasteiger partial charge is 0.304 e. The summed E-state index contributed by atoms with van der Waals surface area (Å²) < 4.78 is 15.1. The van der Waals surface area contributed by atoms with Gasteiger partial charge < -0.3 is 4.90 Å². The Labute approximate surface area is 138 Å². The fourth-order valence-electron chi connectivity index (χ4n) is 2.02. The van der Waals surface area contributed by atoms with Crippen LogP contribution in [0.25, 0.3) is 0 Å². The van der Waals surface area contributed by atoms with Crippen molar-refractivity contribution in [2.24, 2.45) is 0 Å². The first-order valence-corrected chi connectivity index (χ1v) is 7.77. The molecule has 0 radical (unpaired) electrons. The van der Waals surface area contributed by atoms with Crippen molar-refractivity contribution < 1.29 is 9.18 Å². The van der Waals surface area contributed by atoms with Gasteiger partial charge in [0.05, 0.1) is 12.2 Å². The van der Waals surface area contributed by atoms with Crippen LogP contribution < -0.4 is 4.90 Å². The lowest BCUT2D eigenvalue weighted by Gasteiger charge is -2.28. The van der Waals surface area contributed by atoms with E-state index in [4.69, 9.17) is 0 Å². The number of halogens is 2. The second-order valence-electron chi connectivity index (χ2n) is 5.30. The van der Waals surface area contributed by atoms with Crippen LogP contribution in [0, 0.1) is 3.57 Å². The summed E-state index contributed by atoms with van der Waals surface area (Å²) in [6.07, 6.45) is 0. The van der Waals surface area contributed by atoms with E-state index in [0.29, 0.717) is 6.54 Å². The molecule has 110 valence electrons. The number of nitrogens with zero attached hydrogens (tertiary/aromatic N) is 1. The summed E-state index contributed by atoms with van der Waals surface area (Å²) >= 11 is 2.16. The van der Waals surface area contributed by atoms with Gasteiger partial charge in [0.15, 0.2) is 5.67 Å². The maximum Gasteiger partial charge on any atom is 0.264 e. The van der Waals surface area contributed by atoms with Crippen molar-refractivity contribution in [2.75, 3.05) is 4.90 Å². The molecular weight excluding hydrogens is 380 g/mol. The second kappa shape index (κ2) is 6.56. The minimum Gasteiger partial charge on any atom is -0.304 e. The zero-order valence-electron chi connectivity index (χ0n) is 12.0. The number of rotatable bonds is 4. The number of amides is 1. The van der Waals surface area contributed by atoms with Gasteiger partial charge in [-0.15, -0.1) is 0 Å². The van der Waals surface area contributed by atoms with Gasteiger partial charge in [-0.1, -0.05) is 42.5 Å². The molecule has 2 aromatic rings. The van der Waals surface area contributed by atoms with E-state index in [1.165, 1.54) is 18.7 Å². The average Bonchev–Trinajstić information content (AvgIpc) is 2.45. The molecule has 2 rings (SSSR count). The minimum absolute atomic E-state index is 0.354. The quantitative estimate of drug-likeness (QED) is 0.693. The lowest BCUT2D eigenvalue weighted by molar-refractivity contribution is -0.128. The number of hydrogen-bond acceptors (Lipinski definition) is 1. The second-order valence-corrected chi connectivity index (χ2v) is 6.46. The molecule has 2 aromatic carbocycles. The molecule has 0 fully saturated rings. The fraction of sp³-hybridized carbons (Fsp3) is 0.235. The molecule has 0 aliphatic rings. The Kier molecular flexibility index (Phi) is 4.98. The van der Waals surface area contributed by atoms with Crippen LogP contribution in [0.3, 0.4) is 0 Å². The van der Waals surface area contributed by atoms with E-state index < -0.39 is 11.6 Å². The van der Waals surface area contributed by atoms with Gasteiger partial charge in [-0.25, -0.2) is 4.39 Å². The Bertz CT molecular complexity index is 622. The summed E-state index contributed by atoms with van der Waals surface area (Å²) in [7, 11) is 0. The van der Waals surface area contributed by atoms with Crippen molar-refractivity contribution in [1.29, 1.82) is 0 Å². The van der Waals surface area contributed by atoms with Gasteiger partial charge in [-0.3, -0.25) is 4.79 Å². The van der Waals surface area contributed by atoms with E-state index >= 15 is 0 Å². The van der Waals surface area contributed by atoms with Crippen molar-refractivity contribution in [1.82, 2.24) is 0 Å². The van der Waals surface area contributed by atoms with Gasteiger partial charge in [-0.2, -0.15) is 0 Å². The van der Waals surface area contributed by atoms with Crippen molar-refractivity contribution in [3.8, 4) is 0 Å². The highest BCUT2D eigenvalue weighted by Crippen LogP contribution is 2.27. The van der Waals surface area contributed by atoms with Crippen LogP contribution in [0.4, 0.5) is 10.1 Å². The molecule has 4 heteroatoms. The highest BCUT2D eigenvalue weighted by molar-refractivity contribution is 14.1. The predicted octanol–water partition coefficient (Wildman–Crippen LogP) is 4.57. The molecule has 0 unspecified atom stereocenters. The predicted molar refractivity (Wildman–Crippen MR) is 92.0 cm³/mol. The molecule has 0 saturated carbocycles. The summed E-state index contributed by atoms with van der Waals surface area (Å²) in [5.74, 6) is -0.532. The lowest BCUT2D eigenvalue weighted by atomic mass is 10.1. The third kappa shape index (κ3) is 4.03. The van der Waals surface area contributed by atoms with Crippen molar-refractivity contribution in [2.45, 2.75) is 26.1 Å². The maximum atomic E-state index is 14.2. The Morgan fingerprint density at radius 3 is 2.24 bits per heavy atom. The van der Waals surface area contributed by atoms with E-state index in [9.17, 15) is 9.18 Å². The Hall–Kier alpha value is -1.43. The molecule has 0 aliphatic heterocycles. The third-order valence-electron chi connectivity index (χ3n) is 3.08. The SMILES string of the molecule is CC(C)(F)C(=O)N(Cc1ccccc1)c1ccccc1I. The smallest absolute Gasteiger partial charge is 0.264 e. The van der Waals surface area contributed by atoms with Crippen LogP contribution in [0.15, 0.2) is 54.6 Å². The van der Waals surface area contributed by atoms with Crippen molar-refractivity contribution in [3.63, 3.8) is 0 Å². The third-order valence-corrected chi connectivity index (χ3v) is 3.99. The summed E-state index contributed by atoms with van der Waals surface area (Å²) in [6.45, 7) is 2.94. The summed E-state index contributed by atoms with van der Waals surface area (Å²) in [5.41, 5.74) is -0.208. The highest BCUT2D eigenvalue weighted by Gasteiger charge is 2.33. The maximum absolute atomic E-state index is 14.2. The van der Waals surface area contributed by atoms with Gasteiger partial charge in [0.2, 0.25) is 0 Å². The molecular formula is C17H17FINO. The standard InChI is InChI=1S/C17H17FINO/c1-17(2,18)16(21)20(12-13-8-4-3-5-9-13)15-11-7-6-10-14(15)19/h3-11H,12H2,1-2H3. The number of hydrogen-bond donors (Lipinski definition) is 0. The number of alkyl halides is 1. The van der Waals surface area contributed by atoms with Crippen LogP contribution in [-0.2, 0) is 11.3 Å². The van der Waals surface area contributed by atoms with E-state index in [-0.39, 0.29) is 0 Å². The number of carbonyl (C=O) groups excluding carboxylic acids is 1. The molecule has 0 atom stereocenters. The highest BCUT2D eigenvalue weighted by atomic mass is 127. The molecule has 0 bridgehead atoms.